The summed E-state index contributed by atoms with van der Waals surface area (Å²) in [6.07, 6.45) is 4.77. The topological polar surface area (TPSA) is 86.1 Å². The van der Waals surface area contributed by atoms with Crippen LogP contribution in [0.25, 0.3) is 0 Å². The van der Waals surface area contributed by atoms with Crippen molar-refractivity contribution in [2.45, 2.75) is 25.8 Å². The van der Waals surface area contributed by atoms with E-state index < -0.39 is 10.0 Å². The molecule has 0 bridgehead atoms. The largest absolute Gasteiger partial charge is 0.354 e. The van der Waals surface area contributed by atoms with E-state index in [0.717, 1.165) is 12.8 Å². The van der Waals surface area contributed by atoms with Crippen LogP contribution in [0.1, 0.15) is 25.3 Å². The van der Waals surface area contributed by atoms with Crippen LogP contribution in [0.5, 0.6) is 0 Å². The first-order valence-electron chi connectivity index (χ1n) is 7.02. The summed E-state index contributed by atoms with van der Waals surface area (Å²) in [7, 11) is -3.24. The van der Waals surface area contributed by atoms with Crippen molar-refractivity contribution in [2.24, 2.45) is 5.92 Å². The first-order chi connectivity index (χ1) is 9.94. The highest BCUT2D eigenvalue weighted by Crippen LogP contribution is 2.27. The van der Waals surface area contributed by atoms with Crippen LogP contribution in [0.3, 0.4) is 0 Å². The molecule has 1 N–H and O–H groups in total. The number of nitrogens with zero attached hydrogens (tertiary/aromatic N) is 3. The van der Waals surface area contributed by atoms with Crippen molar-refractivity contribution >= 4 is 15.8 Å². The predicted octanol–water partition coefficient (Wildman–Crippen LogP) is 1.11. The SMILES string of the molecule is CCC[C@@H]1CN(c2ncccc2C#N)C[C@H]1NS(C)(=O)=O. The minimum Gasteiger partial charge on any atom is -0.354 e. The van der Waals surface area contributed by atoms with E-state index in [-0.39, 0.29) is 12.0 Å². The zero-order valence-electron chi connectivity index (χ0n) is 12.3. The number of anilines is 1. The molecule has 0 radical (unpaired) electrons. The number of nitrogens with one attached hydrogen (secondary N) is 1. The number of aromatic nitrogens is 1. The van der Waals surface area contributed by atoms with Crippen LogP contribution in [0.2, 0.25) is 0 Å². The van der Waals surface area contributed by atoms with Gasteiger partial charge in [-0.3, -0.25) is 0 Å². The van der Waals surface area contributed by atoms with Gasteiger partial charge in [-0.25, -0.2) is 18.1 Å². The number of nitriles is 1. The van der Waals surface area contributed by atoms with Gasteiger partial charge in [0.05, 0.1) is 11.8 Å². The van der Waals surface area contributed by atoms with Crippen LogP contribution in [0.4, 0.5) is 5.82 Å². The number of hydrogen-bond acceptors (Lipinski definition) is 5. The smallest absolute Gasteiger partial charge is 0.209 e. The normalized spacial score (nSPS) is 22.2. The zero-order valence-corrected chi connectivity index (χ0v) is 13.1. The van der Waals surface area contributed by atoms with E-state index >= 15 is 0 Å². The van der Waals surface area contributed by atoms with Gasteiger partial charge in [-0.05, 0) is 24.5 Å². The Morgan fingerprint density at radius 2 is 2.29 bits per heavy atom. The molecule has 0 saturated carbocycles. The van der Waals surface area contributed by atoms with Crippen molar-refractivity contribution in [3.05, 3.63) is 23.9 Å². The summed E-state index contributed by atoms with van der Waals surface area (Å²) in [5.74, 6) is 0.872. The molecule has 1 aliphatic rings. The van der Waals surface area contributed by atoms with Crippen molar-refractivity contribution < 1.29 is 8.42 Å². The van der Waals surface area contributed by atoms with Gasteiger partial charge in [-0.1, -0.05) is 13.3 Å². The van der Waals surface area contributed by atoms with Gasteiger partial charge in [0.1, 0.15) is 11.9 Å². The van der Waals surface area contributed by atoms with Crippen molar-refractivity contribution in [3.8, 4) is 6.07 Å². The summed E-state index contributed by atoms with van der Waals surface area (Å²) in [5, 5.41) is 9.17. The molecule has 0 unspecified atom stereocenters. The zero-order chi connectivity index (χ0) is 15.5. The Bertz CT molecular complexity index is 639. The lowest BCUT2D eigenvalue weighted by molar-refractivity contribution is 0.442. The van der Waals surface area contributed by atoms with Crippen LogP contribution < -0.4 is 9.62 Å². The molecule has 1 aromatic heterocycles. The van der Waals surface area contributed by atoms with Crippen molar-refractivity contribution in [1.29, 1.82) is 5.26 Å². The highest BCUT2D eigenvalue weighted by atomic mass is 32.2. The van der Waals surface area contributed by atoms with E-state index in [2.05, 4.69) is 22.7 Å². The fourth-order valence-corrected chi connectivity index (χ4v) is 3.67. The Morgan fingerprint density at radius 3 is 2.90 bits per heavy atom. The molecule has 1 fully saturated rings. The van der Waals surface area contributed by atoms with E-state index in [1.165, 1.54) is 6.26 Å². The first-order valence-corrected chi connectivity index (χ1v) is 8.91. The Hall–Kier alpha value is -1.65. The van der Waals surface area contributed by atoms with Crippen molar-refractivity contribution in [1.82, 2.24) is 9.71 Å². The van der Waals surface area contributed by atoms with Gasteiger partial charge >= 0.3 is 0 Å². The second-order valence-corrected chi connectivity index (χ2v) is 7.22. The molecule has 2 atom stereocenters. The summed E-state index contributed by atoms with van der Waals surface area (Å²) >= 11 is 0. The Balaban J connectivity index is 2.22. The number of pyridine rings is 1. The molecule has 2 heterocycles. The maximum atomic E-state index is 11.5. The third kappa shape index (κ3) is 3.93. The van der Waals surface area contributed by atoms with Gasteiger partial charge in [-0.2, -0.15) is 5.26 Å². The van der Waals surface area contributed by atoms with Crippen LogP contribution in [0, 0.1) is 17.2 Å². The summed E-state index contributed by atoms with van der Waals surface area (Å²) < 4.78 is 25.7. The van der Waals surface area contributed by atoms with Crippen LogP contribution in [-0.4, -0.2) is 38.8 Å². The Labute approximate surface area is 125 Å². The molecule has 0 amide bonds. The third-order valence-electron chi connectivity index (χ3n) is 3.67. The summed E-state index contributed by atoms with van der Waals surface area (Å²) in [6.45, 7) is 3.35. The molecule has 6 nitrogen and oxygen atoms in total. The number of hydrogen-bond donors (Lipinski definition) is 1. The van der Waals surface area contributed by atoms with Gasteiger partial charge in [0.2, 0.25) is 10.0 Å². The monoisotopic (exact) mass is 308 g/mol. The Morgan fingerprint density at radius 1 is 1.52 bits per heavy atom. The summed E-state index contributed by atoms with van der Waals surface area (Å²) in [4.78, 5) is 6.28. The second kappa shape index (κ2) is 6.41. The number of rotatable bonds is 5. The average molecular weight is 308 g/mol. The quantitative estimate of drug-likeness (QED) is 0.880. The van der Waals surface area contributed by atoms with Crippen molar-refractivity contribution in [3.63, 3.8) is 0 Å². The second-order valence-electron chi connectivity index (χ2n) is 5.44. The van der Waals surface area contributed by atoms with E-state index in [0.29, 0.717) is 24.5 Å². The van der Waals surface area contributed by atoms with E-state index in [4.69, 9.17) is 0 Å². The predicted molar refractivity (Wildman–Crippen MR) is 81.3 cm³/mol. The lowest BCUT2D eigenvalue weighted by Crippen LogP contribution is -2.40. The summed E-state index contributed by atoms with van der Waals surface area (Å²) in [5.41, 5.74) is 0.521. The highest BCUT2D eigenvalue weighted by Gasteiger charge is 2.35. The molecule has 2 rings (SSSR count). The Kier molecular flexibility index (Phi) is 4.80. The first kappa shape index (κ1) is 15.7. The van der Waals surface area contributed by atoms with E-state index in [1.807, 2.05) is 4.90 Å². The standard InChI is InChI=1S/C14H20N4O2S/c1-3-5-12-9-18(10-13(12)17-21(2,19)20)14-11(8-15)6-4-7-16-14/h4,6-7,12-13,17H,3,5,9-10H2,1-2H3/t12-,13-/m1/s1. The molecular weight excluding hydrogens is 288 g/mol. The van der Waals surface area contributed by atoms with Gasteiger partial charge in [0.15, 0.2) is 0 Å². The minimum absolute atomic E-state index is 0.131. The summed E-state index contributed by atoms with van der Waals surface area (Å²) in [6, 6.07) is 5.47. The minimum atomic E-state index is -3.24. The molecule has 21 heavy (non-hydrogen) atoms. The fraction of sp³-hybridized carbons (Fsp3) is 0.571. The van der Waals surface area contributed by atoms with E-state index in [9.17, 15) is 13.7 Å². The molecule has 0 spiro atoms. The van der Waals surface area contributed by atoms with Gasteiger partial charge < -0.3 is 4.90 Å². The fourth-order valence-electron chi connectivity index (χ4n) is 2.85. The van der Waals surface area contributed by atoms with Crippen LogP contribution in [-0.2, 0) is 10.0 Å². The molecule has 0 aliphatic carbocycles. The van der Waals surface area contributed by atoms with Gasteiger partial charge in [0, 0.05) is 25.3 Å². The molecule has 114 valence electrons. The molecule has 1 saturated heterocycles. The van der Waals surface area contributed by atoms with Crippen molar-refractivity contribution in [2.75, 3.05) is 24.2 Å². The molecule has 0 aromatic carbocycles. The molecule has 1 aliphatic heterocycles. The third-order valence-corrected chi connectivity index (χ3v) is 4.40. The van der Waals surface area contributed by atoms with Gasteiger partial charge in [-0.15, -0.1) is 0 Å². The average Bonchev–Trinajstić information content (AvgIpc) is 2.80. The number of sulfonamides is 1. The highest BCUT2D eigenvalue weighted by molar-refractivity contribution is 7.88. The van der Waals surface area contributed by atoms with Crippen LogP contribution >= 0.6 is 0 Å². The van der Waals surface area contributed by atoms with E-state index in [1.54, 1.807) is 18.3 Å². The lowest BCUT2D eigenvalue weighted by atomic mass is 9.99. The van der Waals surface area contributed by atoms with Crippen LogP contribution in [0.15, 0.2) is 18.3 Å². The maximum absolute atomic E-state index is 11.5. The molecule has 7 heteroatoms. The molecule has 1 aromatic rings. The van der Waals surface area contributed by atoms with Gasteiger partial charge in [0.25, 0.3) is 0 Å². The maximum Gasteiger partial charge on any atom is 0.209 e. The lowest BCUT2D eigenvalue weighted by Gasteiger charge is -2.18. The molecular formula is C14H20N4O2S.